The molecule has 3 rings (SSSR count). The molecule has 2 heterocycles. The number of aromatic nitrogens is 2. The summed E-state index contributed by atoms with van der Waals surface area (Å²) in [5.41, 5.74) is 1.93. The first-order chi connectivity index (χ1) is 10.0. The molecule has 0 saturated carbocycles. The highest BCUT2D eigenvalue weighted by Gasteiger charge is 2.10. The van der Waals surface area contributed by atoms with Crippen molar-refractivity contribution in [3.63, 3.8) is 0 Å². The predicted molar refractivity (Wildman–Crippen MR) is 90.1 cm³/mol. The predicted octanol–water partition coefficient (Wildman–Crippen LogP) is 4.43. The van der Waals surface area contributed by atoms with Crippen LogP contribution in [0.3, 0.4) is 0 Å². The van der Waals surface area contributed by atoms with Crippen LogP contribution >= 0.6 is 22.9 Å². The van der Waals surface area contributed by atoms with Crippen molar-refractivity contribution in [2.75, 3.05) is 0 Å². The fourth-order valence-electron chi connectivity index (χ4n) is 2.10. The Kier molecular flexibility index (Phi) is 3.66. The molecule has 0 aliphatic carbocycles. The lowest BCUT2D eigenvalue weighted by Gasteiger charge is -1.96. The van der Waals surface area contributed by atoms with Gasteiger partial charge in [-0.05, 0) is 43.2 Å². The van der Waals surface area contributed by atoms with Crippen LogP contribution in [0, 0.1) is 13.8 Å². The third-order valence-electron chi connectivity index (χ3n) is 3.36. The first-order valence-electron chi connectivity index (χ1n) is 6.48. The molecule has 0 aliphatic heterocycles. The fourth-order valence-corrected chi connectivity index (χ4v) is 3.26. The van der Waals surface area contributed by atoms with Crippen LogP contribution in [0.4, 0.5) is 0 Å². The van der Waals surface area contributed by atoms with Gasteiger partial charge in [-0.25, -0.2) is 4.98 Å². The summed E-state index contributed by atoms with van der Waals surface area (Å²) in [4.78, 5) is 21.4. The first kappa shape index (κ1) is 14.0. The maximum Gasteiger partial charge on any atom is 0.260 e. The van der Waals surface area contributed by atoms with Crippen molar-refractivity contribution in [2.24, 2.45) is 0 Å². The van der Waals surface area contributed by atoms with Crippen molar-refractivity contribution in [1.82, 2.24) is 9.97 Å². The number of nitrogens with zero attached hydrogens (tertiary/aromatic N) is 1. The maximum absolute atomic E-state index is 12.1. The fraction of sp³-hybridized carbons (Fsp3) is 0.125. The van der Waals surface area contributed by atoms with Crippen LogP contribution in [0.5, 0.6) is 0 Å². The van der Waals surface area contributed by atoms with Gasteiger partial charge in [0.15, 0.2) is 0 Å². The van der Waals surface area contributed by atoms with Crippen LogP contribution < -0.4 is 5.56 Å². The molecule has 1 aromatic carbocycles. The molecule has 0 aliphatic rings. The highest BCUT2D eigenvalue weighted by Crippen LogP contribution is 2.25. The van der Waals surface area contributed by atoms with Crippen molar-refractivity contribution in [2.45, 2.75) is 13.8 Å². The summed E-state index contributed by atoms with van der Waals surface area (Å²) in [6.45, 7) is 3.96. The van der Waals surface area contributed by atoms with Gasteiger partial charge in [0, 0.05) is 9.90 Å². The van der Waals surface area contributed by atoms with Crippen LogP contribution in [-0.2, 0) is 0 Å². The highest BCUT2D eigenvalue weighted by atomic mass is 35.5. The Hall–Kier alpha value is -1.91. The van der Waals surface area contributed by atoms with Crippen LogP contribution in [0.2, 0.25) is 5.02 Å². The quantitative estimate of drug-likeness (QED) is 0.760. The van der Waals surface area contributed by atoms with Crippen molar-refractivity contribution in [3.05, 3.63) is 61.5 Å². The van der Waals surface area contributed by atoms with E-state index in [-0.39, 0.29) is 5.56 Å². The van der Waals surface area contributed by atoms with E-state index in [1.165, 1.54) is 0 Å². The van der Waals surface area contributed by atoms with Gasteiger partial charge in [0.2, 0.25) is 0 Å². The Morgan fingerprint density at radius 2 is 1.90 bits per heavy atom. The number of benzene rings is 1. The van der Waals surface area contributed by atoms with Crippen LogP contribution in [0.15, 0.2) is 29.1 Å². The van der Waals surface area contributed by atoms with Gasteiger partial charge >= 0.3 is 0 Å². The number of fused-ring (bicyclic) bond motifs is 1. The number of aromatic amines is 1. The van der Waals surface area contributed by atoms with Gasteiger partial charge in [0.1, 0.15) is 10.7 Å². The second-order valence-electron chi connectivity index (χ2n) is 4.80. The highest BCUT2D eigenvalue weighted by molar-refractivity contribution is 7.18. The average Bonchev–Trinajstić information content (AvgIpc) is 2.74. The minimum atomic E-state index is -0.0855. The van der Waals surface area contributed by atoms with E-state index in [1.54, 1.807) is 17.4 Å². The number of halogens is 1. The summed E-state index contributed by atoms with van der Waals surface area (Å²) < 4.78 is 0. The number of rotatable bonds is 2. The molecule has 0 fully saturated rings. The largest absolute Gasteiger partial charge is 0.306 e. The second-order valence-corrected chi connectivity index (χ2v) is 6.44. The Bertz CT molecular complexity index is 891. The van der Waals surface area contributed by atoms with E-state index in [0.717, 1.165) is 20.8 Å². The molecule has 0 atom stereocenters. The topological polar surface area (TPSA) is 45.8 Å². The van der Waals surface area contributed by atoms with Crippen molar-refractivity contribution in [1.29, 1.82) is 0 Å². The maximum atomic E-state index is 12.1. The number of aryl methyl sites for hydroxylation is 2. The molecule has 0 saturated heterocycles. The van der Waals surface area contributed by atoms with Crippen molar-refractivity contribution in [3.8, 4) is 0 Å². The van der Waals surface area contributed by atoms with E-state index in [0.29, 0.717) is 16.2 Å². The lowest BCUT2D eigenvalue weighted by molar-refractivity contribution is 1.15. The SMILES string of the molecule is Cc1sc2nc(/C=C\c3ccc(Cl)cc3)[nH]c(=O)c2c1C. The van der Waals surface area contributed by atoms with Gasteiger partial charge < -0.3 is 4.98 Å². The zero-order chi connectivity index (χ0) is 15.0. The molecule has 106 valence electrons. The smallest absolute Gasteiger partial charge is 0.260 e. The molecule has 0 amide bonds. The second kappa shape index (κ2) is 5.47. The van der Waals surface area contributed by atoms with Gasteiger partial charge in [0.25, 0.3) is 5.56 Å². The third kappa shape index (κ3) is 2.77. The summed E-state index contributed by atoms with van der Waals surface area (Å²) in [6, 6.07) is 7.48. The molecule has 5 heteroatoms. The molecular weight excluding hydrogens is 304 g/mol. The van der Waals surface area contributed by atoms with Gasteiger partial charge in [0.05, 0.1) is 5.39 Å². The Balaban J connectivity index is 2.01. The number of hydrogen-bond acceptors (Lipinski definition) is 3. The van der Waals surface area contributed by atoms with E-state index in [2.05, 4.69) is 9.97 Å². The third-order valence-corrected chi connectivity index (χ3v) is 4.71. The summed E-state index contributed by atoms with van der Waals surface area (Å²) in [7, 11) is 0. The van der Waals surface area contributed by atoms with Crippen molar-refractivity contribution >= 4 is 45.3 Å². The average molecular weight is 317 g/mol. The molecule has 1 N–H and O–H groups in total. The van der Waals surface area contributed by atoms with Crippen LogP contribution in [0.25, 0.3) is 22.4 Å². The molecule has 0 radical (unpaired) electrons. The molecule has 3 nitrogen and oxygen atoms in total. The lowest BCUT2D eigenvalue weighted by atomic mass is 10.2. The Labute approximate surface area is 130 Å². The molecule has 0 spiro atoms. The molecular formula is C16H13ClN2OS. The molecule has 0 unspecified atom stereocenters. The zero-order valence-corrected chi connectivity index (χ0v) is 13.2. The number of thiophene rings is 1. The monoisotopic (exact) mass is 316 g/mol. The van der Waals surface area contributed by atoms with E-state index in [1.807, 2.05) is 44.2 Å². The van der Waals surface area contributed by atoms with E-state index in [4.69, 9.17) is 11.6 Å². The summed E-state index contributed by atoms with van der Waals surface area (Å²) in [5, 5.41) is 1.39. The Morgan fingerprint density at radius 3 is 2.62 bits per heavy atom. The number of H-pyrrole nitrogens is 1. The molecule has 2 aromatic heterocycles. The van der Waals surface area contributed by atoms with Gasteiger partial charge in [-0.15, -0.1) is 11.3 Å². The van der Waals surface area contributed by atoms with E-state index >= 15 is 0 Å². The van der Waals surface area contributed by atoms with Gasteiger partial charge in [-0.3, -0.25) is 4.79 Å². The summed E-state index contributed by atoms with van der Waals surface area (Å²) in [5.74, 6) is 0.559. The van der Waals surface area contributed by atoms with Crippen molar-refractivity contribution < 1.29 is 0 Å². The zero-order valence-electron chi connectivity index (χ0n) is 11.6. The normalized spacial score (nSPS) is 11.6. The standard InChI is InChI=1S/C16H13ClN2OS/c1-9-10(2)21-16-14(9)15(20)18-13(19-16)8-5-11-3-6-12(17)7-4-11/h3-8H,1-2H3,(H,18,19,20)/b8-5-. The molecule has 0 bridgehead atoms. The number of hydrogen-bond donors (Lipinski definition) is 1. The van der Waals surface area contributed by atoms with Crippen LogP contribution in [-0.4, -0.2) is 9.97 Å². The summed E-state index contributed by atoms with van der Waals surface area (Å²) in [6.07, 6.45) is 3.70. The van der Waals surface area contributed by atoms with Gasteiger partial charge in [-0.1, -0.05) is 29.8 Å². The molecule has 3 aromatic rings. The van der Waals surface area contributed by atoms with E-state index in [9.17, 15) is 4.79 Å². The first-order valence-corrected chi connectivity index (χ1v) is 7.68. The minimum absolute atomic E-state index is 0.0855. The summed E-state index contributed by atoms with van der Waals surface area (Å²) >= 11 is 7.40. The lowest BCUT2D eigenvalue weighted by Crippen LogP contribution is -2.09. The number of nitrogens with one attached hydrogen (secondary N) is 1. The minimum Gasteiger partial charge on any atom is -0.306 e. The van der Waals surface area contributed by atoms with Crippen LogP contribution in [0.1, 0.15) is 21.8 Å². The molecule has 21 heavy (non-hydrogen) atoms. The van der Waals surface area contributed by atoms with E-state index < -0.39 is 0 Å². The van der Waals surface area contributed by atoms with Gasteiger partial charge in [-0.2, -0.15) is 0 Å². The Morgan fingerprint density at radius 1 is 1.19 bits per heavy atom.